The van der Waals surface area contributed by atoms with Gasteiger partial charge in [-0.3, -0.25) is 4.79 Å². The lowest BCUT2D eigenvalue weighted by atomic mass is 10.1. The molecular weight excluding hydrogens is 264 g/mol. The highest BCUT2D eigenvalue weighted by Crippen LogP contribution is 2.43. The zero-order valence-corrected chi connectivity index (χ0v) is 11.7. The van der Waals surface area contributed by atoms with E-state index in [0.29, 0.717) is 5.11 Å². The Morgan fingerprint density at radius 2 is 2.17 bits per heavy atom. The number of thiocarbonyl (C=S) groups is 1. The van der Waals surface area contributed by atoms with E-state index >= 15 is 0 Å². The second-order valence-electron chi connectivity index (χ2n) is 4.50. The molecule has 2 aliphatic heterocycles. The number of hydrogen-bond donors (Lipinski definition) is 1. The number of benzene rings is 1. The van der Waals surface area contributed by atoms with Gasteiger partial charge in [0.05, 0.1) is 0 Å². The summed E-state index contributed by atoms with van der Waals surface area (Å²) in [4.78, 5) is 13.7. The summed E-state index contributed by atoms with van der Waals surface area (Å²) < 4.78 is 0. The standard InChI is InChI=1S/C13H14N2OS2/c1-2-8-3-5-9(6-4-8)12-15-10(7-18-12)11(16)14-13(15)17/h3-6,10,12H,2,7H2,1H3,(H,14,16,17)/t10-,12?/m0/s1. The molecular formula is C13H14N2OS2. The third-order valence-electron chi connectivity index (χ3n) is 3.44. The summed E-state index contributed by atoms with van der Waals surface area (Å²) >= 11 is 7.03. The lowest BCUT2D eigenvalue weighted by Crippen LogP contribution is -2.32. The Morgan fingerprint density at radius 1 is 1.44 bits per heavy atom. The molecule has 2 heterocycles. The van der Waals surface area contributed by atoms with Gasteiger partial charge in [-0.15, -0.1) is 11.8 Å². The quantitative estimate of drug-likeness (QED) is 0.840. The summed E-state index contributed by atoms with van der Waals surface area (Å²) in [6.07, 6.45) is 1.04. The molecule has 0 radical (unpaired) electrons. The summed E-state index contributed by atoms with van der Waals surface area (Å²) in [5.74, 6) is 0.854. The smallest absolute Gasteiger partial charge is 0.249 e. The SMILES string of the molecule is CCc1ccc(C2SC[C@H]3C(=O)NC(=S)N23)cc1. The molecule has 2 fully saturated rings. The van der Waals surface area contributed by atoms with Crippen molar-refractivity contribution in [3.05, 3.63) is 35.4 Å². The molecule has 0 saturated carbocycles. The van der Waals surface area contributed by atoms with Crippen molar-refractivity contribution in [1.82, 2.24) is 10.2 Å². The monoisotopic (exact) mass is 278 g/mol. The highest BCUT2D eigenvalue weighted by atomic mass is 32.2. The number of rotatable bonds is 2. The van der Waals surface area contributed by atoms with Gasteiger partial charge in [-0.1, -0.05) is 31.2 Å². The Hall–Kier alpha value is -1.07. The van der Waals surface area contributed by atoms with Gasteiger partial charge in [-0.2, -0.15) is 0 Å². The van der Waals surface area contributed by atoms with Crippen molar-refractivity contribution in [1.29, 1.82) is 0 Å². The molecule has 3 nitrogen and oxygen atoms in total. The van der Waals surface area contributed by atoms with Crippen LogP contribution in [0.25, 0.3) is 0 Å². The van der Waals surface area contributed by atoms with Gasteiger partial charge in [-0.05, 0) is 29.8 Å². The van der Waals surface area contributed by atoms with Crippen LogP contribution in [-0.2, 0) is 11.2 Å². The van der Waals surface area contributed by atoms with E-state index in [0.717, 1.165) is 12.2 Å². The fourth-order valence-electron chi connectivity index (χ4n) is 2.38. The average Bonchev–Trinajstić information content (AvgIpc) is 2.93. The molecule has 1 aromatic carbocycles. The molecule has 94 valence electrons. The number of hydrogen-bond acceptors (Lipinski definition) is 3. The van der Waals surface area contributed by atoms with Crippen molar-refractivity contribution < 1.29 is 4.79 Å². The normalized spacial score (nSPS) is 26.4. The van der Waals surface area contributed by atoms with Crippen molar-refractivity contribution in [2.45, 2.75) is 24.8 Å². The Bertz CT molecular complexity index is 500. The molecule has 0 aliphatic carbocycles. The molecule has 18 heavy (non-hydrogen) atoms. The van der Waals surface area contributed by atoms with Crippen LogP contribution in [0.2, 0.25) is 0 Å². The third kappa shape index (κ3) is 1.82. The van der Waals surface area contributed by atoms with Crippen LogP contribution in [0.1, 0.15) is 23.4 Å². The van der Waals surface area contributed by atoms with Crippen LogP contribution < -0.4 is 5.32 Å². The van der Waals surface area contributed by atoms with Crippen LogP contribution >= 0.6 is 24.0 Å². The molecule has 1 N–H and O–H groups in total. The maximum Gasteiger partial charge on any atom is 0.249 e. The largest absolute Gasteiger partial charge is 0.320 e. The van der Waals surface area contributed by atoms with E-state index in [2.05, 4.69) is 36.5 Å². The molecule has 2 saturated heterocycles. The summed E-state index contributed by atoms with van der Waals surface area (Å²) in [6.45, 7) is 2.15. The highest BCUT2D eigenvalue weighted by Gasteiger charge is 2.45. The van der Waals surface area contributed by atoms with E-state index in [1.165, 1.54) is 11.1 Å². The average molecular weight is 278 g/mol. The highest BCUT2D eigenvalue weighted by molar-refractivity contribution is 7.99. The number of carbonyl (C=O) groups is 1. The first-order chi connectivity index (χ1) is 8.70. The molecule has 5 heteroatoms. The molecule has 1 amide bonds. The van der Waals surface area contributed by atoms with Crippen molar-refractivity contribution in [3.8, 4) is 0 Å². The number of aryl methyl sites for hydroxylation is 1. The maximum absolute atomic E-state index is 11.7. The van der Waals surface area contributed by atoms with Crippen LogP contribution in [-0.4, -0.2) is 27.7 Å². The second kappa shape index (κ2) is 4.55. The Balaban J connectivity index is 1.88. The fraction of sp³-hybridized carbons (Fsp3) is 0.385. The Kier molecular flexibility index (Phi) is 3.03. The number of thioether (sulfide) groups is 1. The van der Waals surface area contributed by atoms with E-state index in [1.807, 2.05) is 4.90 Å². The van der Waals surface area contributed by atoms with Crippen LogP contribution in [0.15, 0.2) is 24.3 Å². The van der Waals surface area contributed by atoms with Crippen LogP contribution in [0, 0.1) is 0 Å². The van der Waals surface area contributed by atoms with Crippen molar-refractivity contribution >= 4 is 35.0 Å². The van der Waals surface area contributed by atoms with E-state index in [1.54, 1.807) is 11.8 Å². The second-order valence-corrected chi connectivity index (χ2v) is 6.00. The lowest BCUT2D eigenvalue weighted by molar-refractivity contribution is -0.120. The first-order valence-corrected chi connectivity index (χ1v) is 7.50. The zero-order valence-electron chi connectivity index (χ0n) is 10.1. The minimum Gasteiger partial charge on any atom is -0.320 e. The molecule has 0 aromatic heterocycles. The van der Waals surface area contributed by atoms with Gasteiger partial charge in [0.25, 0.3) is 0 Å². The number of carbonyl (C=O) groups excluding carboxylic acids is 1. The Labute approximate surface area is 116 Å². The van der Waals surface area contributed by atoms with Crippen molar-refractivity contribution in [3.63, 3.8) is 0 Å². The Morgan fingerprint density at radius 3 is 2.83 bits per heavy atom. The van der Waals surface area contributed by atoms with Gasteiger partial charge in [0, 0.05) is 5.75 Å². The van der Waals surface area contributed by atoms with Gasteiger partial charge in [0.1, 0.15) is 11.4 Å². The minimum atomic E-state index is -0.0849. The van der Waals surface area contributed by atoms with Crippen LogP contribution in [0.3, 0.4) is 0 Å². The first-order valence-electron chi connectivity index (χ1n) is 6.04. The fourth-order valence-corrected chi connectivity index (χ4v) is 4.22. The summed E-state index contributed by atoms with van der Waals surface area (Å²) in [6, 6.07) is 8.50. The van der Waals surface area contributed by atoms with Gasteiger partial charge in [0.2, 0.25) is 5.91 Å². The number of fused-ring (bicyclic) bond motifs is 1. The molecule has 1 aromatic rings. The predicted molar refractivity (Wildman–Crippen MR) is 77.4 cm³/mol. The van der Waals surface area contributed by atoms with E-state index in [-0.39, 0.29) is 17.3 Å². The van der Waals surface area contributed by atoms with E-state index in [4.69, 9.17) is 12.2 Å². The summed E-state index contributed by atoms with van der Waals surface area (Å²) in [5, 5.41) is 3.49. The predicted octanol–water partition coefficient (Wildman–Crippen LogP) is 2.08. The zero-order chi connectivity index (χ0) is 12.7. The topological polar surface area (TPSA) is 32.3 Å². The molecule has 2 aliphatic rings. The molecule has 1 unspecified atom stereocenters. The molecule has 2 atom stereocenters. The number of amides is 1. The van der Waals surface area contributed by atoms with Crippen LogP contribution in [0.5, 0.6) is 0 Å². The van der Waals surface area contributed by atoms with Gasteiger partial charge < -0.3 is 10.2 Å². The molecule has 3 rings (SSSR count). The van der Waals surface area contributed by atoms with Gasteiger partial charge >= 0.3 is 0 Å². The minimum absolute atomic E-state index is 0.0418. The molecule has 0 spiro atoms. The summed E-state index contributed by atoms with van der Waals surface area (Å²) in [5.41, 5.74) is 2.55. The van der Waals surface area contributed by atoms with E-state index < -0.39 is 0 Å². The van der Waals surface area contributed by atoms with Crippen LogP contribution in [0.4, 0.5) is 0 Å². The van der Waals surface area contributed by atoms with Crippen molar-refractivity contribution in [2.24, 2.45) is 0 Å². The van der Waals surface area contributed by atoms with Gasteiger partial charge in [-0.25, -0.2) is 0 Å². The molecule has 0 bridgehead atoms. The maximum atomic E-state index is 11.7. The van der Waals surface area contributed by atoms with E-state index in [9.17, 15) is 4.79 Å². The third-order valence-corrected chi connectivity index (χ3v) is 5.08. The summed E-state index contributed by atoms with van der Waals surface area (Å²) in [7, 11) is 0. The number of nitrogens with zero attached hydrogens (tertiary/aromatic N) is 1. The van der Waals surface area contributed by atoms with Gasteiger partial charge in [0.15, 0.2) is 5.11 Å². The number of nitrogens with one attached hydrogen (secondary N) is 1. The first kappa shape index (κ1) is 12.0. The van der Waals surface area contributed by atoms with Crippen molar-refractivity contribution in [2.75, 3.05) is 5.75 Å². The lowest BCUT2D eigenvalue weighted by Gasteiger charge is -2.23.